The molecule has 2 atom stereocenters. The molecule has 0 bridgehead atoms. The van der Waals surface area contributed by atoms with Gasteiger partial charge in [-0.05, 0) is 35.6 Å². The van der Waals surface area contributed by atoms with Gasteiger partial charge in [-0.2, -0.15) is 0 Å². The van der Waals surface area contributed by atoms with Gasteiger partial charge < -0.3 is 16.0 Å². The second-order valence-corrected chi connectivity index (χ2v) is 7.22. The molecule has 4 nitrogen and oxygen atoms in total. The van der Waals surface area contributed by atoms with Crippen LogP contribution < -0.4 is 11.1 Å². The summed E-state index contributed by atoms with van der Waals surface area (Å²) >= 11 is 0. The van der Waals surface area contributed by atoms with E-state index in [1.807, 2.05) is 35.2 Å². The van der Waals surface area contributed by atoms with E-state index in [1.165, 1.54) is 11.1 Å². The van der Waals surface area contributed by atoms with E-state index in [-0.39, 0.29) is 18.0 Å². The van der Waals surface area contributed by atoms with Crippen LogP contribution in [0.2, 0.25) is 0 Å². The summed E-state index contributed by atoms with van der Waals surface area (Å²) in [4.78, 5) is 14.4. The number of carbonyl (C=O) groups excluding carboxylic acids is 1. The predicted octanol–water partition coefficient (Wildman–Crippen LogP) is 4.16. The fourth-order valence-corrected chi connectivity index (χ4v) is 3.42. The molecule has 25 heavy (non-hydrogen) atoms. The van der Waals surface area contributed by atoms with Crippen molar-refractivity contribution in [2.45, 2.75) is 38.1 Å². The molecule has 4 heteroatoms. The fourth-order valence-electron chi connectivity index (χ4n) is 3.42. The van der Waals surface area contributed by atoms with Crippen molar-refractivity contribution < 1.29 is 4.79 Å². The van der Waals surface area contributed by atoms with Gasteiger partial charge >= 0.3 is 6.03 Å². The van der Waals surface area contributed by atoms with Crippen LogP contribution in [0.1, 0.15) is 43.2 Å². The number of likely N-dealkylation sites (tertiary alicyclic amines) is 1. The summed E-state index contributed by atoms with van der Waals surface area (Å²) in [5, 5.41) is 2.96. The molecule has 1 heterocycles. The topological polar surface area (TPSA) is 58.4 Å². The SMILES string of the molecule is CC(C)c1ccc(C2CC(N)CN(C(=O)Nc3ccccc3)C2)cc1. The summed E-state index contributed by atoms with van der Waals surface area (Å²) in [7, 11) is 0. The number of piperidine rings is 1. The zero-order valence-electron chi connectivity index (χ0n) is 15.0. The maximum Gasteiger partial charge on any atom is 0.321 e. The lowest BCUT2D eigenvalue weighted by atomic mass is 9.87. The van der Waals surface area contributed by atoms with E-state index in [2.05, 4.69) is 43.4 Å². The standard InChI is InChI=1S/C21H27N3O/c1-15(2)16-8-10-17(11-9-16)18-12-19(22)14-24(13-18)21(25)23-20-6-4-3-5-7-20/h3-11,15,18-19H,12-14,22H2,1-2H3,(H,23,25). The third-order valence-corrected chi connectivity index (χ3v) is 4.87. The van der Waals surface area contributed by atoms with Gasteiger partial charge in [0, 0.05) is 30.7 Å². The number of nitrogens with one attached hydrogen (secondary N) is 1. The highest BCUT2D eigenvalue weighted by molar-refractivity contribution is 5.89. The molecule has 2 unspecified atom stereocenters. The largest absolute Gasteiger partial charge is 0.326 e. The first-order chi connectivity index (χ1) is 12.0. The summed E-state index contributed by atoms with van der Waals surface area (Å²) in [6, 6.07) is 18.2. The Hall–Kier alpha value is -2.33. The van der Waals surface area contributed by atoms with E-state index in [0.29, 0.717) is 19.0 Å². The molecule has 0 aromatic heterocycles. The van der Waals surface area contributed by atoms with Gasteiger partial charge in [0.2, 0.25) is 0 Å². The van der Waals surface area contributed by atoms with Crippen LogP contribution in [0, 0.1) is 0 Å². The quantitative estimate of drug-likeness (QED) is 0.883. The molecule has 0 spiro atoms. The number of anilines is 1. The molecule has 0 saturated carbocycles. The molecule has 0 radical (unpaired) electrons. The third kappa shape index (κ3) is 4.40. The van der Waals surface area contributed by atoms with Crippen LogP contribution in [-0.2, 0) is 0 Å². The molecule has 2 aromatic carbocycles. The summed E-state index contributed by atoms with van der Waals surface area (Å²) in [6.45, 7) is 5.69. The van der Waals surface area contributed by atoms with Crippen LogP contribution in [0.5, 0.6) is 0 Å². The normalized spacial score (nSPS) is 20.6. The molecular weight excluding hydrogens is 310 g/mol. The summed E-state index contributed by atoms with van der Waals surface area (Å²) in [5.41, 5.74) is 9.65. The number of nitrogens with two attached hydrogens (primary N) is 1. The van der Waals surface area contributed by atoms with E-state index in [9.17, 15) is 4.79 Å². The highest BCUT2D eigenvalue weighted by atomic mass is 16.2. The highest BCUT2D eigenvalue weighted by Crippen LogP contribution is 2.28. The highest BCUT2D eigenvalue weighted by Gasteiger charge is 2.29. The number of nitrogens with zero attached hydrogens (tertiary/aromatic N) is 1. The van der Waals surface area contributed by atoms with Gasteiger partial charge in [0.25, 0.3) is 0 Å². The zero-order valence-corrected chi connectivity index (χ0v) is 15.0. The van der Waals surface area contributed by atoms with Crippen LogP contribution in [-0.4, -0.2) is 30.1 Å². The fraction of sp³-hybridized carbons (Fsp3) is 0.381. The van der Waals surface area contributed by atoms with Gasteiger partial charge in [-0.25, -0.2) is 4.79 Å². The van der Waals surface area contributed by atoms with Crippen molar-refractivity contribution in [1.29, 1.82) is 0 Å². The van der Waals surface area contributed by atoms with Crippen LogP contribution >= 0.6 is 0 Å². The Balaban J connectivity index is 1.69. The minimum Gasteiger partial charge on any atom is -0.326 e. The average molecular weight is 337 g/mol. The summed E-state index contributed by atoms with van der Waals surface area (Å²) < 4.78 is 0. The molecule has 2 aromatic rings. The average Bonchev–Trinajstić information content (AvgIpc) is 2.62. The van der Waals surface area contributed by atoms with Gasteiger partial charge in [0.15, 0.2) is 0 Å². The van der Waals surface area contributed by atoms with Crippen LogP contribution in [0.15, 0.2) is 54.6 Å². The molecule has 1 fully saturated rings. The minimum atomic E-state index is -0.0786. The van der Waals surface area contributed by atoms with Gasteiger partial charge in [-0.3, -0.25) is 0 Å². The molecular formula is C21H27N3O. The van der Waals surface area contributed by atoms with E-state index in [0.717, 1.165) is 12.1 Å². The molecule has 3 N–H and O–H groups in total. The number of hydrogen-bond donors (Lipinski definition) is 2. The molecule has 0 aliphatic carbocycles. The predicted molar refractivity (Wildman–Crippen MR) is 103 cm³/mol. The Morgan fingerprint density at radius 3 is 2.40 bits per heavy atom. The Morgan fingerprint density at radius 1 is 1.08 bits per heavy atom. The minimum absolute atomic E-state index is 0.00467. The van der Waals surface area contributed by atoms with Crippen molar-refractivity contribution >= 4 is 11.7 Å². The number of rotatable bonds is 3. The number of hydrogen-bond acceptors (Lipinski definition) is 2. The molecule has 1 aliphatic rings. The van der Waals surface area contributed by atoms with Gasteiger partial charge in [-0.1, -0.05) is 56.3 Å². The van der Waals surface area contributed by atoms with Crippen molar-refractivity contribution in [2.24, 2.45) is 5.73 Å². The van der Waals surface area contributed by atoms with Crippen molar-refractivity contribution in [1.82, 2.24) is 4.90 Å². The van der Waals surface area contributed by atoms with Crippen molar-refractivity contribution in [3.63, 3.8) is 0 Å². The third-order valence-electron chi connectivity index (χ3n) is 4.87. The Morgan fingerprint density at radius 2 is 1.76 bits per heavy atom. The first-order valence-electron chi connectivity index (χ1n) is 8.99. The first kappa shape index (κ1) is 17.5. The zero-order chi connectivity index (χ0) is 17.8. The smallest absolute Gasteiger partial charge is 0.321 e. The van der Waals surface area contributed by atoms with Crippen LogP contribution in [0.3, 0.4) is 0 Å². The van der Waals surface area contributed by atoms with Crippen LogP contribution in [0.4, 0.5) is 10.5 Å². The number of para-hydroxylation sites is 1. The molecule has 1 aliphatic heterocycles. The summed E-state index contributed by atoms with van der Waals surface area (Å²) in [6.07, 6.45) is 0.913. The van der Waals surface area contributed by atoms with E-state index in [1.54, 1.807) is 0 Å². The van der Waals surface area contributed by atoms with Gasteiger partial charge in [0.1, 0.15) is 0 Å². The lowest BCUT2D eigenvalue weighted by molar-refractivity contribution is 0.184. The lowest BCUT2D eigenvalue weighted by Gasteiger charge is -2.36. The van der Waals surface area contributed by atoms with Crippen molar-refractivity contribution in [3.8, 4) is 0 Å². The van der Waals surface area contributed by atoms with Crippen molar-refractivity contribution in [3.05, 3.63) is 65.7 Å². The maximum absolute atomic E-state index is 12.6. The Labute approximate surface area is 150 Å². The second-order valence-electron chi connectivity index (χ2n) is 7.22. The number of carbonyl (C=O) groups is 1. The lowest BCUT2D eigenvalue weighted by Crippen LogP contribution is -2.50. The molecule has 3 rings (SSSR count). The molecule has 1 saturated heterocycles. The van der Waals surface area contributed by atoms with Crippen LogP contribution in [0.25, 0.3) is 0 Å². The van der Waals surface area contributed by atoms with E-state index >= 15 is 0 Å². The van der Waals surface area contributed by atoms with Gasteiger partial charge in [0.05, 0.1) is 0 Å². The second kappa shape index (κ2) is 7.70. The number of benzene rings is 2. The molecule has 132 valence electrons. The van der Waals surface area contributed by atoms with Gasteiger partial charge in [-0.15, -0.1) is 0 Å². The monoisotopic (exact) mass is 337 g/mol. The Kier molecular flexibility index (Phi) is 5.39. The number of urea groups is 1. The van der Waals surface area contributed by atoms with E-state index < -0.39 is 0 Å². The summed E-state index contributed by atoms with van der Waals surface area (Å²) in [5.74, 6) is 0.808. The number of amides is 2. The van der Waals surface area contributed by atoms with Crippen molar-refractivity contribution in [2.75, 3.05) is 18.4 Å². The van der Waals surface area contributed by atoms with E-state index in [4.69, 9.17) is 5.73 Å². The maximum atomic E-state index is 12.6. The Bertz CT molecular complexity index is 697. The molecule has 2 amide bonds. The first-order valence-corrected chi connectivity index (χ1v) is 8.99.